The summed E-state index contributed by atoms with van der Waals surface area (Å²) in [5.41, 5.74) is 7.01. The Morgan fingerprint density at radius 1 is 1.00 bits per heavy atom. The topological polar surface area (TPSA) is 36.2 Å². The predicted octanol–water partition coefficient (Wildman–Crippen LogP) is 7.15. The van der Waals surface area contributed by atoms with E-state index in [1.165, 1.54) is 66.9 Å². The molecule has 164 valence electrons. The fourth-order valence-corrected chi connectivity index (χ4v) is 6.23. The number of esters is 1. The number of nitrogens with zero attached hydrogens (tertiary/aromatic N) is 2. The van der Waals surface area contributed by atoms with Crippen LogP contribution in [0.4, 0.5) is 0 Å². The zero-order valence-electron chi connectivity index (χ0n) is 18.4. The minimum Gasteiger partial charge on any atom is -0.465 e. The number of aromatic nitrogens is 2. The fraction of sp³-hybridized carbons (Fsp3) is 0.370. The normalized spacial score (nSPS) is 16.7. The summed E-state index contributed by atoms with van der Waals surface area (Å²) < 4.78 is 9.85. The summed E-state index contributed by atoms with van der Waals surface area (Å²) >= 11 is 6.61. The third kappa shape index (κ3) is 2.92. The lowest BCUT2D eigenvalue weighted by atomic mass is 9.81. The SMILES string of the molecule is COC(=O)c1ccc2c(C3CCCCC3)c3n(c2c1)CCCn1ccc2c(Cl)ccc-3c21. The molecule has 1 aliphatic heterocycles. The van der Waals surface area contributed by atoms with E-state index in [4.69, 9.17) is 16.3 Å². The monoisotopic (exact) mass is 446 g/mol. The second-order valence-electron chi connectivity index (χ2n) is 9.19. The first-order chi connectivity index (χ1) is 15.7. The molecule has 0 N–H and O–H groups in total. The van der Waals surface area contributed by atoms with Crippen LogP contribution in [0.15, 0.2) is 42.6 Å². The van der Waals surface area contributed by atoms with E-state index in [-0.39, 0.29) is 5.97 Å². The molecular weight excluding hydrogens is 420 g/mol. The summed E-state index contributed by atoms with van der Waals surface area (Å²) in [6.07, 6.45) is 9.54. The van der Waals surface area contributed by atoms with Crippen LogP contribution in [0.3, 0.4) is 0 Å². The number of fused-ring (bicyclic) bond motifs is 4. The molecule has 0 amide bonds. The van der Waals surface area contributed by atoms with Crippen LogP contribution in [-0.4, -0.2) is 22.2 Å². The molecule has 1 aliphatic carbocycles. The zero-order chi connectivity index (χ0) is 21.8. The lowest BCUT2D eigenvalue weighted by Crippen LogP contribution is -2.11. The quantitative estimate of drug-likeness (QED) is 0.306. The standard InChI is InChI=1S/C27H27ClN2O2/c1-32-27(31)18-8-9-20-23(16-18)30-14-5-13-29-15-12-19-22(28)11-10-21(25(19)29)26(30)24(20)17-6-3-2-4-7-17/h8-12,15-17H,2-7,13-14H2,1H3. The summed E-state index contributed by atoms with van der Waals surface area (Å²) in [7, 11) is 1.45. The van der Waals surface area contributed by atoms with Crippen LogP contribution < -0.4 is 0 Å². The molecule has 1 fully saturated rings. The van der Waals surface area contributed by atoms with Gasteiger partial charge in [-0.3, -0.25) is 0 Å². The highest BCUT2D eigenvalue weighted by Gasteiger charge is 2.29. The highest BCUT2D eigenvalue weighted by Crippen LogP contribution is 2.47. The maximum atomic E-state index is 12.3. The van der Waals surface area contributed by atoms with Gasteiger partial charge in [-0.15, -0.1) is 0 Å². The van der Waals surface area contributed by atoms with Gasteiger partial charge < -0.3 is 13.9 Å². The third-order valence-electron chi connectivity index (χ3n) is 7.45. The maximum Gasteiger partial charge on any atom is 0.337 e. The number of aryl methyl sites for hydroxylation is 2. The molecule has 6 rings (SSSR count). The van der Waals surface area contributed by atoms with Crippen molar-refractivity contribution in [3.8, 4) is 11.3 Å². The Bertz CT molecular complexity index is 1360. The van der Waals surface area contributed by atoms with Gasteiger partial charge in [-0.2, -0.15) is 0 Å². The first-order valence-electron chi connectivity index (χ1n) is 11.7. The Labute approximate surface area is 192 Å². The average Bonchev–Trinajstić information content (AvgIpc) is 3.38. The summed E-state index contributed by atoms with van der Waals surface area (Å²) in [4.78, 5) is 12.3. The van der Waals surface area contributed by atoms with Crippen molar-refractivity contribution >= 4 is 39.4 Å². The number of hydrogen-bond acceptors (Lipinski definition) is 2. The van der Waals surface area contributed by atoms with Crippen molar-refractivity contribution in [2.75, 3.05) is 7.11 Å². The van der Waals surface area contributed by atoms with Crippen LogP contribution in [-0.2, 0) is 17.8 Å². The van der Waals surface area contributed by atoms with Crippen molar-refractivity contribution in [2.45, 2.75) is 57.5 Å². The molecule has 2 aliphatic rings. The highest BCUT2D eigenvalue weighted by atomic mass is 35.5. The van der Waals surface area contributed by atoms with E-state index in [1.54, 1.807) is 0 Å². The third-order valence-corrected chi connectivity index (χ3v) is 7.78. The molecule has 5 heteroatoms. The maximum absolute atomic E-state index is 12.3. The van der Waals surface area contributed by atoms with Crippen molar-refractivity contribution in [3.63, 3.8) is 0 Å². The Hall–Kier alpha value is -2.72. The predicted molar refractivity (Wildman–Crippen MR) is 130 cm³/mol. The molecule has 0 bridgehead atoms. The van der Waals surface area contributed by atoms with Gasteiger partial charge in [0.05, 0.1) is 23.9 Å². The smallest absolute Gasteiger partial charge is 0.337 e. The number of carbonyl (C=O) groups is 1. The molecule has 4 aromatic rings. The molecule has 2 aromatic heterocycles. The number of halogens is 1. The second-order valence-corrected chi connectivity index (χ2v) is 9.60. The zero-order valence-corrected chi connectivity index (χ0v) is 19.1. The van der Waals surface area contributed by atoms with Crippen molar-refractivity contribution in [3.05, 3.63) is 58.7 Å². The molecule has 2 aromatic carbocycles. The lowest BCUT2D eigenvalue weighted by Gasteiger charge is -2.25. The molecule has 4 nitrogen and oxygen atoms in total. The fourth-order valence-electron chi connectivity index (χ4n) is 6.02. The van der Waals surface area contributed by atoms with Gasteiger partial charge in [-0.25, -0.2) is 4.79 Å². The average molecular weight is 447 g/mol. The first-order valence-corrected chi connectivity index (χ1v) is 12.1. The first kappa shape index (κ1) is 19.9. The Kier molecular flexibility index (Phi) is 4.80. The molecule has 0 radical (unpaired) electrons. The van der Waals surface area contributed by atoms with Crippen LogP contribution >= 0.6 is 11.6 Å². The minimum absolute atomic E-state index is 0.282. The summed E-state index contributed by atoms with van der Waals surface area (Å²) in [6.45, 7) is 1.87. The van der Waals surface area contributed by atoms with Gasteiger partial charge in [0, 0.05) is 46.2 Å². The number of methoxy groups -OCH3 is 1. The van der Waals surface area contributed by atoms with Gasteiger partial charge in [0.2, 0.25) is 0 Å². The Morgan fingerprint density at radius 3 is 2.66 bits per heavy atom. The van der Waals surface area contributed by atoms with E-state index in [1.807, 2.05) is 18.2 Å². The Morgan fingerprint density at radius 2 is 1.84 bits per heavy atom. The van der Waals surface area contributed by atoms with E-state index >= 15 is 0 Å². The van der Waals surface area contributed by atoms with E-state index in [0.29, 0.717) is 11.5 Å². The van der Waals surface area contributed by atoms with Gasteiger partial charge in [-0.1, -0.05) is 36.9 Å². The number of ether oxygens (including phenoxy) is 1. The van der Waals surface area contributed by atoms with Gasteiger partial charge in [0.25, 0.3) is 0 Å². The van der Waals surface area contributed by atoms with Crippen molar-refractivity contribution in [2.24, 2.45) is 0 Å². The van der Waals surface area contributed by atoms with E-state index in [2.05, 4.69) is 33.5 Å². The Balaban J connectivity index is 1.72. The molecule has 0 spiro atoms. The van der Waals surface area contributed by atoms with Gasteiger partial charge >= 0.3 is 5.97 Å². The van der Waals surface area contributed by atoms with Gasteiger partial charge in [0.15, 0.2) is 0 Å². The molecule has 1 saturated carbocycles. The largest absolute Gasteiger partial charge is 0.465 e. The van der Waals surface area contributed by atoms with Crippen LogP contribution in [0, 0.1) is 0 Å². The molecular formula is C27H27ClN2O2. The molecule has 0 unspecified atom stereocenters. The van der Waals surface area contributed by atoms with Crippen LogP contribution in [0.2, 0.25) is 5.02 Å². The van der Waals surface area contributed by atoms with Crippen molar-refractivity contribution in [1.29, 1.82) is 0 Å². The number of carbonyl (C=O) groups excluding carboxylic acids is 1. The van der Waals surface area contributed by atoms with Crippen molar-refractivity contribution < 1.29 is 9.53 Å². The number of hydrogen-bond donors (Lipinski definition) is 0. The molecule has 3 heterocycles. The number of rotatable bonds is 2. The second kappa shape index (κ2) is 7.70. The number of benzene rings is 2. The summed E-state index contributed by atoms with van der Waals surface area (Å²) in [5, 5.41) is 3.20. The molecule has 0 atom stereocenters. The molecule has 0 saturated heterocycles. The molecule has 32 heavy (non-hydrogen) atoms. The van der Waals surface area contributed by atoms with Crippen LogP contribution in [0.1, 0.15) is 60.4 Å². The van der Waals surface area contributed by atoms with Gasteiger partial charge in [-0.05, 0) is 61.1 Å². The van der Waals surface area contributed by atoms with E-state index in [9.17, 15) is 4.79 Å². The minimum atomic E-state index is -0.282. The summed E-state index contributed by atoms with van der Waals surface area (Å²) in [5.74, 6) is 0.260. The van der Waals surface area contributed by atoms with Crippen molar-refractivity contribution in [1.82, 2.24) is 9.13 Å². The van der Waals surface area contributed by atoms with E-state index in [0.717, 1.165) is 35.4 Å². The summed E-state index contributed by atoms with van der Waals surface area (Å²) in [6, 6.07) is 12.5. The van der Waals surface area contributed by atoms with E-state index < -0.39 is 0 Å². The van der Waals surface area contributed by atoms with Crippen LogP contribution in [0.25, 0.3) is 33.1 Å². The van der Waals surface area contributed by atoms with Crippen LogP contribution in [0.5, 0.6) is 0 Å². The van der Waals surface area contributed by atoms with Gasteiger partial charge in [0.1, 0.15) is 0 Å². The lowest BCUT2D eigenvalue weighted by molar-refractivity contribution is 0.0601. The highest BCUT2D eigenvalue weighted by molar-refractivity contribution is 6.36.